The lowest BCUT2D eigenvalue weighted by molar-refractivity contribution is -0.0133. The molecule has 1 aliphatic carbocycles. The van der Waals surface area contributed by atoms with Crippen molar-refractivity contribution in [2.75, 3.05) is 6.54 Å². The lowest BCUT2D eigenvalue weighted by Crippen LogP contribution is -2.44. The first-order chi connectivity index (χ1) is 12.3. The van der Waals surface area contributed by atoms with E-state index in [2.05, 4.69) is 35.3 Å². The maximum atomic E-state index is 15.0. The van der Waals surface area contributed by atoms with E-state index in [9.17, 15) is 4.39 Å². The van der Waals surface area contributed by atoms with E-state index in [0.29, 0.717) is 18.9 Å². The molecule has 1 spiro atoms. The summed E-state index contributed by atoms with van der Waals surface area (Å²) in [6, 6.07) is 22.3. The third-order valence-corrected chi connectivity index (χ3v) is 5.38. The van der Waals surface area contributed by atoms with Crippen molar-refractivity contribution in [3.05, 3.63) is 83.4 Å². The maximum Gasteiger partial charge on any atom is 0.217 e. The van der Waals surface area contributed by atoms with Gasteiger partial charge in [0.1, 0.15) is 6.17 Å². The molecule has 0 N–H and O–H groups in total. The van der Waals surface area contributed by atoms with Gasteiger partial charge in [-0.2, -0.15) is 0 Å². The first-order valence-corrected chi connectivity index (χ1v) is 8.71. The molecule has 2 nitrogen and oxygen atoms in total. The second-order valence-corrected chi connectivity index (χ2v) is 6.84. The van der Waals surface area contributed by atoms with Crippen molar-refractivity contribution in [3.63, 3.8) is 0 Å². The number of halogens is 1. The van der Waals surface area contributed by atoms with Gasteiger partial charge < -0.3 is 4.74 Å². The largest absolute Gasteiger partial charge is 0.461 e. The molecule has 3 heteroatoms. The molecule has 5 rings (SSSR count). The third kappa shape index (κ3) is 2.19. The zero-order chi connectivity index (χ0) is 16.9. The minimum absolute atomic E-state index is 0.341. The highest BCUT2D eigenvalue weighted by Gasteiger charge is 2.50. The van der Waals surface area contributed by atoms with E-state index in [-0.39, 0.29) is 0 Å². The van der Waals surface area contributed by atoms with Crippen LogP contribution >= 0.6 is 0 Å². The SMILES string of the molecule is FC1CCc2ccccc2C12CN=C(c1ccc3ccccc3c1)O2. The minimum atomic E-state index is -1.04. The normalized spacial score (nSPS) is 24.8. The van der Waals surface area contributed by atoms with Gasteiger partial charge in [0.15, 0.2) is 5.60 Å². The van der Waals surface area contributed by atoms with E-state index in [1.54, 1.807) is 0 Å². The summed E-state index contributed by atoms with van der Waals surface area (Å²) in [5, 5.41) is 2.30. The van der Waals surface area contributed by atoms with Gasteiger partial charge in [-0.1, -0.05) is 54.6 Å². The summed E-state index contributed by atoms with van der Waals surface area (Å²) in [4.78, 5) is 4.59. The molecule has 0 fully saturated rings. The number of alkyl halides is 1. The first-order valence-electron chi connectivity index (χ1n) is 8.71. The van der Waals surface area contributed by atoms with Gasteiger partial charge in [0.25, 0.3) is 0 Å². The van der Waals surface area contributed by atoms with Crippen molar-refractivity contribution in [2.24, 2.45) is 4.99 Å². The monoisotopic (exact) mass is 331 g/mol. The van der Waals surface area contributed by atoms with Crippen LogP contribution in [0.5, 0.6) is 0 Å². The molecule has 2 atom stereocenters. The highest BCUT2D eigenvalue weighted by molar-refractivity contribution is 5.99. The van der Waals surface area contributed by atoms with Crippen LogP contribution in [-0.2, 0) is 16.8 Å². The van der Waals surface area contributed by atoms with Crippen molar-refractivity contribution in [2.45, 2.75) is 24.6 Å². The first kappa shape index (κ1) is 14.6. The molecule has 3 aromatic rings. The highest BCUT2D eigenvalue weighted by Crippen LogP contribution is 2.44. The summed E-state index contributed by atoms with van der Waals surface area (Å²) in [7, 11) is 0. The van der Waals surface area contributed by atoms with Gasteiger partial charge in [-0.25, -0.2) is 9.38 Å². The number of benzene rings is 3. The molecule has 0 saturated carbocycles. The van der Waals surface area contributed by atoms with E-state index in [1.165, 1.54) is 10.9 Å². The van der Waals surface area contributed by atoms with Gasteiger partial charge in [-0.3, -0.25) is 0 Å². The number of hydrogen-bond donors (Lipinski definition) is 0. The minimum Gasteiger partial charge on any atom is -0.461 e. The van der Waals surface area contributed by atoms with E-state index in [1.807, 2.05) is 36.4 Å². The summed E-state index contributed by atoms with van der Waals surface area (Å²) in [6.07, 6.45) is 0.203. The second-order valence-electron chi connectivity index (χ2n) is 6.84. The Morgan fingerprint density at radius 3 is 2.68 bits per heavy atom. The fourth-order valence-corrected chi connectivity index (χ4v) is 4.04. The van der Waals surface area contributed by atoms with Crippen molar-refractivity contribution in [3.8, 4) is 0 Å². The fraction of sp³-hybridized carbons (Fsp3) is 0.227. The Hall–Kier alpha value is -2.68. The van der Waals surface area contributed by atoms with E-state index < -0.39 is 11.8 Å². The summed E-state index contributed by atoms with van der Waals surface area (Å²) in [5.74, 6) is 0.546. The number of fused-ring (bicyclic) bond motifs is 3. The van der Waals surface area contributed by atoms with E-state index >= 15 is 0 Å². The van der Waals surface area contributed by atoms with Crippen LogP contribution in [0.4, 0.5) is 4.39 Å². The number of nitrogens with zero attached hydrogens (tertiary/aromatic N) is 1. The van der Waals surface area contributed by atoms with Crippen LogP contribution in [0.15, 0.2) is 71.7 Å². The lowest BCUT2D eigenvalue weighted by atomic mass is 9.78. The average molecular weight is 331 g/mol. The maximum absolute atomic E-state index is 15.0. The molecule has 0 bridgehead atoms. The van der Waals surface area contributed by atoms with Crippen molar-refractivity contribution in [1.29, 1.82) is 0 Å². The molecule has 1 aliphatic heterocycles. The number of rotatable bonds is 1. The van der Waals surface area contributed by atoms with Crippen molar-refractivity contribution in [1.82, 2.24) is 0 Å². The van der Waals surface area contributed by atoms with Gasteiger partial charge >= 0.3 is 0 Å². The van der Waals surface area contributed by atoms with Crippen LogP contribution < -0.4 is 0 Å². The molecule has 0 aromatic heterocycles. The average Bonchev–Trinajstić information content (AvgIpc) is 3.11. The summed E-state index contributed by atoms with van der Waals surface area (Å²) >= 11 is 0. The van der Waals surface area contributed by atoms with Crippen molar-refractivity contribution >= 4 is 16.7 Å². The van der Waals surface area contributed by atoms with Gasteiger partial charge in [0, 0.05) is 11.1 Å². The third-order valence-electron chi connectivity index (χ3n) is 5.38. The highest BCUT2D eigenvalue weighted by atomic mass is 19.1. The van der Waals surface area contributed by atoms with Gasteiger partial charge in [0.2, 0.25) is 5.90 Å². The molecule has 2 aliphatic rings. The van der Waals surface area contributed by atoms with Gasteiger partial charge in [-0.15, -0.1) is 0 Å². The standard InChI is InChI=1S/C22H18FNO/c23-20-12-11-16-6-3-4-8-19(16)22(20)14-24-21(25-22)18-10-9-15-5-1-2-7-17(15)13-18/h1-10,13,20H,11-12,14H2. The number of hydrogen-bond acceptors (Lipinski definition) is 2. The Morgan fingerprint density at radius 2 is 1.76 bits per heavy atom. The predicted molar refractivity (Wildman–Crippen MR) is 97.8 cm³/mol. The zero-order valence-electron chi connectivity index (χ0n) is 13.8. The predicted octanol–water partition coefficient (Wildman–Crippen LogP) is 4.80. The van der Waals surface area contributed by atoms with Crippen LogP contribution in [0.1, 0.15) is 23.1 Å². The number of aliphatic imine (C=N–C) groups is 1. The quantitative estimate of drug-likeness (QED) is 0.628. The Morgan fingerprint density at radius 1 is 0.960 bits per heavy atom. The molecule has 0 saturated heterocycles. The molecule has 25 heavy (non-hydrogen) atoms. The van der Waals surface area contributed by atoms with Crippen LogP contribution in [0.25, 0.3) is 10.8 Å². The molecular weight excluding hydrogens is 313 g/mol. The summed E-state index contributed by atoms with van der Waals surface area (Å²) in [6.45, 7) is 0.341. The fourth-order valence-electron chi connectivity index (χ4n) is 4.04. The Bertz CT molecular complexity index is 996. The zero-order valence-corrected chi connectivity index (χ0v) is 13.8. The Balaban J connectivity index is 1.55. The van der Waals surface area contributed by atoms with Crippen molar-refractivity contribution < 1.29 is 9.13 Å². The van der Waals surface area contributed by atoms with E-state index in [4.69, 9.17) is 4.74 Å². The molecule has 124 valence electrons. The van der Waals surface area contributed by atoms with Gasteiger partial charge in [0.05, 0.1) is 6.54 Å². The Kier molecular flexibility index (Phi) is 3.17. The Labute approximate surface area is 146 Å². The number of aryl methyl sites for hydroxylation is 1. The molecular formula is C22H18FNO. The van der Waals surface area contributed by atoms with E-state index in [0.717, 1.165) is 22.9 Å². The molecule has 2 unspecified atom stereocenters. The lowest BCUT2D eigenvalue weighted by Gasteiger charge is -2.37. The summed E-state index contributed by atoms with van der Waals surface area (Å²) in [5.41, 5.74) is 2.07. The topological polar surface area (TPSA) is 21.6 Å². The summed E-state index contributed by atoms with van der Waals surface area (Å²) < 4.78 is 21.2. The molecule has 0 radical (unpaired) electrons. The van der Waals surface area contributed by atoms with Crippen LogP contribution in [-0.4, -0.2) is 18.6 Å². The smallest absolute Gasteiger partial charge is 0.217 e. The van der Waals surface area contributed by atoms with Gasteiger partial charge in [-0.05, 0) is 41.3 Å². The van der Waals surface area contributed by atoms with Crippen LogP contribution in [0.2, 0.25) is 0 Å². The molecule has 1 heterocycles. The number of ether oxygens (including phenoxy) is 1. The van der Waals surface area contributed by atoms with Crippen LogP contribution in [0, 0.1) is 0 Å². The molecule has 3 aromatic carbocycles. The molecule has 0 amide bonds. The second kappa shape index (κ2) is 5.41. The van der Waals surface area contributed by atoms with Crippen LogP contribution in [0.3, 0.4) is 0 Å².